The molecule has 108 valence electrons. The highest BCUT2D eigenvalue weighted by Crippen LogP contribution is 2.22. The Hall–Kier alpha value is -1.56. The SMILES string of the molecule is CC(Oc1cccc(Br)c1)C(=O)N1CCCC1C(N)=O. The number of carbonyl (C=O) groups excluding carboxylic acids is 2. The first-order valence-corrected chi connectivity index (χ1v) is 7.30. The summed E-state index contributed by atoms with van der Waals surface area (Å²) in [4.78, 5) is 25.2. The summed E-state index contributed by atoms with van der Waals surface area (Å²) in [5.41, 5.74) is 5.32. The van der Waals surface area contributed by atoms with Crippen molar-refractivity contribution < 1.29 is 14.3 Å². The van der Waals surface area contributed by atoms with Crippen LogP contribution in [0.3, 0.4) is 0 Å². The van der Waals surface area contributed by atoms with Gasteiger partial charge in [-0.1, -0.05) is 22.0 Å². The van der Waals surface area contributed by atoms with Crippen LogP contribution in [0.4, 0.5) is 0 Å². The van der Waals surface area contributed by atoms with Gasteiger partial charge in [0.2, 0.25) is 5.91 Å². The van der Waals surface area contributed by atoms with E-state index in [4.69, 9.17) is 10.5 Å². The van der Waals surface area contributed by atoms with Gasteiger partial charge in [-0.3, -0.25) is 9.59 Å². The van der Waals surface area contributed by atoms with Gasteiger partial charge in [-0.2, -0.15) is 0 Å². The molecule has 1 aliphatic heterocycles. The highest BCUT2D eigenvalue weighted by molar-refractivity contribution is 9.10. The second kappa shape index (κ2) is 6.26. The van der Waals surface area contributed by atoms with Crippen LogP contribution < -0.4 is 10.5 Å². The van der Waals surface area contributed by atoms with Gasteiger partial charge in [0.25, 0.3) is 5.91 Å². The van der Waals surface area contributed by atoms with Crippen molar-refractivity contribution in [1.29, 1.82) is 0 Å². The summed E-state index contributed by atoms with van der Waals surface area (Å²) in [5.74, 6) is -0.0492. The number of likely N-dealkylation sites (tertiary alicyclic amines) is 1. The van der Waals surface area contributed by atoms with Crippen LogP contribution in [0.15, 0.2) is 28.7 Å². The predicted octanol–water partition coefficient (Wildman–Crippen LogP) is 1.69. The highest BCUT2D eigenvalue weighted by Gasteiger charge is 2.35. The third kappa shape index (κ3) is 3.30. The van der Waals surface area contributed by atoms with Crippen LogP contribution >= 0.6 is 15.9 Å². The average molecular weight is 341 g/mol. The van der Waals surface area contributed by atoms with Crippen molar-refractivity contribution in [3.63, 3.8) is 0 Å². The van der Waals surface area contributed by atoms with Crippen LogP contribution in [0.2, 0.25) is 0 Å². The molecule has 1 saturated heterocycles. The molecule has 6 heteroatoms. The van der Waals surface area contributed by atoms with Crippen molar-refractivity contribution in [2.75, 3.05) is 6.54 Å². The fourth-order valence-corrected chi connectivity index (χ4v) is 2.73. The number of rotatable bonds is 4. The van der Waals surface area contributed by atoms with Gasteiger partial charge in [-0.15, -0.1) is 0 Å². The first kappa shape index (κ1) is 14.8. The average Bonchev–Trinajstić information content (AvgIpc) is 2.87. The zero-order valence-electron chi connectivity index (χ0n) is 11.2. The Bertz CT molecular complexity index is 521. The number of hydrogen-bond acceptors (Lipinski definition) is 3. The van der Waals surface area contributed by atoms with E-state index in [1.54, 1.807) is 19.1 Å². The molecule has 0 spiro atoms. The smallest absolute Gasteiger partial charge is 0.264 e. The lowest BCUT2D eigenvalue weighted by Gasteiger charge is -2.25. The van der Waals surface area contributed by atoms with Crippen molar-refractivity contribution in [1.82, 2.24) is 4.90 Å². The zero-order valence-corrected chi connectivity index (χ0v) is 12.8. The van der Waals surface area contributed by atoms with E-state index in [2.05, 4.69) is 15.9 Å². The number of benzene rings is 1. The first-order chi connectivity index (χ1) is 9.49. The third-order valence-corrected chi connectivity index (χ3v) is 3.81. The molecule has 0 bridgehead atoms. The van der Waals surface area contributed by atoms with Crippen molar-refractivity contribution in [3.8, 4) is 5.75 Å². The largest absolute Gasteiger partial charge is 0.481 e. The normalized spacial score (nSPS) is 19.7. The van der Waals surface area contributed by atoms with Gasteiger partial charge >= 0.3 is 0 Å². The molecule has 0 aliphatic carbocycles. The Morgan fingerprint density at radius 3 is 2.90 bits per heavy atom. The van der Waals surface area contributed by atoms with E-state index in [1.807, 2.05) is 12.1 Å². The van der Waals surface area contributed by atoms with Gasteiger partial charge in [0.1, 0.15) is 11.8 Å². The summed E-state index contributed by atoms with van der Waals surface area (Å²) < 4.78 is 6.50. The Morgan fingerprint density at radius 2 is 2.25 bits per heavy atom. The number of primary amides is 1. The molecule has 0 aromatic heterocycles. The molecule has 20 heavy (non-hydrogen) atoms. The summed E-state index contributed by atoms with van der Waals surface area (Å²) in [7, 11) is 0. The van der Waals surface area contributed by atoms with Gasteiger partial charge in [-0.05, 0) is 38.0 Å². The van der Waals surface area contributed by atoms with Crippen molar-refractivity contribution in [2.45, 2.75) is 31.9 Å². The van der Waals surface area contributed by atoms with Crippen LogP contribution in [0.1, 0.15) is 19.8 Å². The molecule has 0 radical (unpaired) electrons. The Kier molecular flexibility index (Phi) is 4.65. The molecule has 1 aromatic carbocycles. The lowest BCUT2D eigenvalue weighted by atomic mass is 10.2. The van der Waals surface area contributed by atoms with Crippen LogP contribution in [0, 0.1) is 0 Å². The number of carbonyl (C=O) groups is 2. The highest BCUT2D eigenvalue weighted by atomic mass is 79.9. The Labute approximate surface area is 126 Å². The number of ether oxygens (including phenoxy) is 1. The summed E-state index contributed by atoms with van der Waals surface area (Å²) in [6.45, 7) is 2.23. The molecule has 5 nitrogen and oxygen atoms in total. The minimum absolute atomic E-state index is 0.203. The molecule has 1 aliphatic rings. The number of hydrogen-bond donors (Lipinski definition) is 1. The number of nitrogens with two attached hydrogens (primary N) is 1. The maximum absolute atomic E-state index is 12.3. The fraction of sp³-hybridized carbons (Fsp3) is 0.429. The van der Waals surface area contributed by atoms with E-state index in [9.17, 15) is 9.59 Å². The molecule has 1 heterocycles. The lowest BCUT2D eigenvalue weighted by Crippen LogP contribution is -2.48. The summed E-state index contributed by atoms with van der Waals surface area (Å²) in [6, 6.07) is 6.78. The number of nitrogens with zero attached hydrogens (tertiary/aromatic N) is 1. The van der Waals surface area contributed by atoms with Gasteiger partial charge in [0, 0.05) is 11.0 Å². The van der Waals surface area contributed by atoms with Crippen LogP contribution in [0.25, 0.3) is 0 Å². The van der Waals surface area contributed by atoms with Crippen LogP contribution in [-0.2, 0) is 9.59 Å². The molecule has 2 N–H and O–H groups in total. The zero-order chi connectivity index (χ0) is 14.7. The van der Waals surface area contributed by atoms with Crippen LogP contribution in [-0.4, -0.2) is 35.4 Å². The minimum Gasteiger partial charge on any atom is -0.481 e. The Balaban J connectivity index is 2.03. The van der Waals surface area contributed by atoms with E-state index in [0.29, 0.717) is 18.7 Å². The van der Waals surface area contributed by atoms with E-state index in [-0.39, 0.29) is 5.91 Å². The second-order valence-corrected chi connectivity index (χ2v) is 5.73. The molecule has 1 fully saturated rings. The maximum Gasteiger partial charge on any atom is 0.264 e. The fourth-order valence-electron chi connectivity index (χ4n) is 2.35. The summed E-state index contributed by atoms with van der Waals surface area (Å²) >= 11 is 3.35. The maximum atomic E-state index is 12.3. The van der Waals surface area contributed by atoms with E-state index < -0.39 is 18.1 Å². The summed E-state index contributed by atoms with van der Waals surface area (Å²) in [6.07, 6.45) is 0.775. The summed E-state index contributed by atoms with van der Waals surface area (Å²) in [5, 5.41) is 0. The van der Waals surface area contributed by atoms with Crippen molar-refractivity contribution >= 4 is 27.7 Å². The second-order valence-electron chi connectivity index (χ2n) is 4.81. The lowest BCUT2D eigenvalue weighted by molar-refractivity contribution is -0.142. The van der Waals surface area contributed by atoms with Crippen molar-refractivity contribution in [2.24, 2.45) is 5.73 Å². The van der Waals surface area contributed by atoms with E-state index >= 15 is 0 Å². The molecule has 1 aromatic rings. The van der Waals surface area contributed by atoms with Crippen LogP contribution in [0.5, 0.6) is 5.75 Å². The first-order valence-electron chi connectivity index (χ1n) is 6.51. The van der Waals surface area contributed by atoms with Gasteiger partial charge in [0.05, 0.1) is 0 Å². The van der Waals surface area contributed by atoms with E-state index in [1.165, 1.54) is 4.90 Å². The predicted molar refractivity (Wildman–Crippen MR) is 78.2 cm³/mol. The third-order valence-electron chi connectivity index (χ3n) is 3.32. The molecule has 2 amide bonds. The molecular formula is C14H17BrN2O3. The monoisotopic (exact) mass is 340 g/mol. The molecule has 2 rings (SSSR count). The molecule has 0 saturated carbocycles. The minimum atomic E-state index is -0.649. The molecule has 2 atom stereocenters. The topological polar surface area (TPSA) is 72.6 Å². The van der Waals surface area contributed by atoms with Gasteiger partial charge < -0.3 is 15.4 Å². The quantitative estimate of drug-likeness (QED) is 0.906. The van der Waals surface area contributed by atoms with Gasteiger partial charge in [0.15, 0.2) is 6.10 Å². The number of amides is 2. The van der Waals surface area contributed by atoms with E-state index in [0.717, 1.165) is 10.9 Å². The molecule has 2 unspecified atom stereocenters. The van der Waals surface area contributed by atoms with Crippen molar-refractivity contribution in [3.05, 3.63) is 28.7 Å². The van der Waals surface area contributed by atoms with Gasteiger partial charge in [-0.25, -0.2) is 0 Å². The molecular weight excluding hydrogens is 324 g/mol. The number of halogens is 1. The standard InChI is InChI=1S/C14H17BrN2O3/c1-9(20-11-5-2-4-10(15)8-11)14(19)17-7-3-6-12(17)13(16)18/h2,4-5,8-9,12H,3,6-7H2,1H3,(H2,16,18). The Morgan fingerprint density at radius 1 is 1.50 bits per heavy atom.